The first-order valence-corrected chi connectivity index (χ1v) is 5.99. The molecule has 0 fully saturated rings. The molecule has 17 heavy (non-hydrogen) atoms. The van der Waals surface area contributed by atoms with E-state index < -0.39 is 11.5 Å². The molecule has 102 valence electrons. The van der Waals surface area contributed by atoms with E-state index >= 15 is 0 Å². The number of unbranched alkanes of at least 4 members (excludes halogenated alkanes) is 1. The molecule has 0 spiro atoms. The number of aliphatic carboxylic acids is 1. The molecule has 0 amide bonds. The Kier molecular flexibility index (Phi) is 8.12. The number of rotatable bonds is 10. The van der Waals surface area contributed by atoms with Crippen molar-refractivity contribution in [3.63, 3.8) is 0 Å². The van der Waals surface area contributed by atoms with Crippen molar-refractivity contribution < 1.29 is 19.4 Å². The van der Waals surface area contributed by atoms with Gasteiger partial charge in [-0.15, -0.1) is 0 Å². The summed E-state index contributed by atoms with van der Waals surface area (Å²) < 4.78 is 10.4. The van der Waals surface area contributed by atoms with Gasteiger partial charge in [0.2, 0.25) is 0 Å². The third kappa shape index (κ3) is 6.61. The maximum Gasteiger partial charge on any atom is 0.323 e. The molecule has 0 bridgehead atoms. The Morgan fingerprint density at radius 3 is 2.59 bits per heavy atom. The Morgan fingerprint density at radius 1 is 1.47 bits per heavy atom. The van der Waals surface area contributed by atoms with Crippen LogP contribution in [-0.2, 0) is 14.3 Å². The third-order valence-corrected chi connectivity index (χ3v) is 2.90. The predicted molar refractivity (Wildman–Crippen MR) is 66.2 cm³/mol. The molecule has 0 aromatic heterocycles. The third-order valence-electron chi connectivity index (χ3n) is 2.90. The van der Waals surface area contributed by atoms with Crippen molar-refractivity contribution in [1.82, 2.24) is 5.32 Å². The van der Waals surface area contributed by atoms with Gasteiger partial charge in [-0.3, -0.25) is 4.79 Å². The van der Waals surface area contributed by atoms with Gasteiger partial charge in [0, 0.05) is 13.7 Å². The van der Waals surface area contributed by atoms with Crippen LogP contribution in [0.15, 0.2) is 0 Å². The standard InChI is InChI=1S/C12H25NO4/c1-10(9-16-4)17-8-6-5-7-12(2,13-3)11(14)15/h10,13H,5-9H2,1-4H3,(H,14,15). The molecular weight excluding hydrogens is 222 g/mol. The van der Waals surface area contributed by atoms with Crippen LogP contribution < -0.4 is 5.32 Å². The van der Waals surface area contributed by atoms with Crippen molar-refractivity contribution in [2.45, 2.75) is 44.8 Å². The molecule has 0 saturated carbocycles. The van der Waals surface area contributed by atoms with E-state index in [1.807, 2.05) is 6.92 Å². The second-order valence-electron chi connectivity index (χ2n) is 4.48. The lowest BCUT2D eigenvalue weighted by Crippen LogP contribution is -2.47. The zero-order valence-corrected chi connectivity index (χ0v) is 11.3. The van der Waals surface area contributed by atoms with Gasteiger partial charge in [0.1, 0.15) is 5.54 Å². The maximum absolute atomic E-state index is 11.0. The van der Waals surface area contributed by atoms with Crippen LogP contribution in [-0.4, -0.2) is 50.1 Å². The number of nitrogens with one attached hydrogen (secondary N) is 1. The van der Waals surface area contributed by atoms with Gasteiger partial charge in [-0.25, -0.2) is 0 Å². The molecule has 0 rings (SSSR count). The van der Waals surface area contributed by atoms with Crippen LogP contribution in [0.25, 0.3) is 0 Å². The fraction of sp³-hybridized carbons (Fsp3) is 0.917. The van der Waals surface area contributed by atoms with Gasteiger partial charge in [-0.1, -0.05) is 0 Å². The highest BCUT2D eigenvalue weighted by molar-refractivity contribution is 5.78. The van der Waals surface area contributed by atoms with Crippen molar-refractivity contribution in [2.24, 2.45) is 0 Å². The molecule has 0 aliphatic rings. The summed E-state index contributed by atoms with van der Waals surface area (Å²) in [4.78, 5) is 11.0. The summed E-state index contributed by atoms with van der Waals surface area (Å²) in [6.07, 6.45) is 2.37. The molecule has 0 radical (unpaired) electrons. The van der Waals surface area contributed by atoms with Crippen LogP contribution in [0.2, 0.25) is 0 Å². The minimum atomic E-state index is -0.835. The Balaban J connectivity index is 3.66. The second kappa shape index (κ2) is 8.44. The second-order valence-corrected chi connectivity index (χ2v) is 4.48. The van der Waals surface area contributed by atoms with Gasteiger partial charge in [-0.2, -0.15) is 0 Å². The van der Waals surface area contributed by atoms with Gasteiger partial charge >= 0.3 is 5.97 Å². The fourth-order valence-electron chi connectivity index (χ4n) is 1.49. The molecule has 5 heteroatoms. The molecule has 0 heterocycles. The lowest BCUT2D eigenvalue weighted by Gasteiger charge is -2.24. The lowest BCUT2D eigenvalue weighted by molar-refractivity contribution is -0.144. The normalized spacial score (nSPS) is 16.5. The van der Waals surface area contributed by atoms with Crippen LogP contribution in [0.1, 0.15) is 33.1 Å². The molecule has 0 aromatic carbocycles. The van der Waals surface area contributed by atoms with E-state index in [0.29, 0.717) is 19.6 Å². The molecular formula is C12H25NO4. The van der Waals surface area contributed by atoms with Crippen molar-refractivity contribution in [3.8, 4) is 0 Å². The molecule has 5 nitrogen and oxygen atoms in total. The van der Waals surface area contributed by atoms with Gasteiger partial charge in [0.05, 0.1) is 12.7 Å². The summed E-state index contributed by atoms with van der Waals surface area (Å²) in [6, 6.07) is 0. The van der Waals surface area contributed by atoms with Gasteiger partial charge < -0.3 is 19.9 Å². The van der Waals surface area contributed by atoms with E-state index in [4.69, 9.17) is 14.6 Å². The number of hydrogen-bond donors (Lipinski definition) is 2. The van der Waals surface area contributed by atoms with E-state index in [2.05, 4.69) is 5.32 Å². The molecule has 2 unspecified atom stereocenters. The average molecular weight is 247 g/mol. The van der Waals surface area contributed by atoms with E-state index in [1.165, 1.54) is 0 Å². The largest absolute Gasteiger partial charge is 0.480 e. The van der Waals surface area contributed by atoms with Crippen LogP contribution in [0.4, 0.5) is 0 Å². The van der Waals surface area contributed by atoms with Crippen LogP contribution in [0.3, 0.4) is 0 Å². The number of ether oxygens (including phenoxy) is 2. The Labute approximate surface area is 103 Å². The SMILES string of the molecule is CNC(C)(CCCCOC(C)COC)C(=O)O. The summed E-state index contributed by atoms with van der Waals surface area (Å²) in [7, 11) is 3.32. The molecule has 0 aliphatic heterocycles. The average Bonchev–Trinajstić information content (AvgIpc) is 2.28. The Bertz CT molecular complexity index is 223. The minimum absolute atomic E-state index is 0.0927. The molecule has 0 aromatic rings. The smallest absolute Gasteiger partial charge is 0.323 e. The van der Waals surface area contributed by atoms with E-state index in [9.17, 15) is 4.79 Å². The molecule has 0 saturated heterocycles. The lowest BCUT2D eigenvalue weighted by atomic mass is 9.95. The monoisotopic (exact) mass is 247 g/mol. The first kappa shape index (κ1) is 16.4. The number of carboxylic acids is 1. The van der Waals surface area contributed by atoms with Gasteiger partial charge in [-0.05, 0) is 40.2 Å². The summed E-state index contributed by atoms with van der Waals surface area (Å²) in [5.74, 6) is -0.811. The predicted octanol–water partition coefficient (Wildman–Crippen LogP) is 1.27. The van der Waals surface area contributed by atoms with Crippen molar-refractivity contribution in [3.05, 3.63) is 0 Å². The number of hydrogen-bond acceptors (Lipinski definition) is 4. The van der Waals surface area contributed by atoms with E-state index in [1.54, 1.807) is 21.1 Å². The Morgan fingerprint density at radius 2 is 2.12 bits per heavy atom. The highest BCUT2D eigenvalue weighted by Crippen LogP contribution is 2.13. The zero-order chi connectivity index (χ0) is 13.3. The number of methoxy groups -OCH3 is 1. The summed E-state index contributed by atoms with van der Waals surface area (Å²) >= 11 is 0. The summed E-state index contributed by atoms with van der Waals surface area (Å²) in [5.41, 5.74) is -0.835. The minimum Gasteiger partial charge on any atom is -0.480 e. The Hall–Kier alpha value is -0.650. The van der Waals surface area contributed by atoms with Crippen molar-refractivity contribution in [1.29, 1.82) is 0 Å². The number of likely N-dealkylation sites (N-methyl/N-ethyl adjacent to an activating group) is 1. The van der Waals surface area contributed by atoms with E-state index in [0.717, 1.165) is 12.8 Å². The summed E-state index contributed by atoms with van der Waals surface area (Å²) in [5, 5.41) is 11.9. The van der Waals surface area contributed by atoms with Crippen molar-refractivity contribution in [2.75, 3.05) is 27.4 Å². The zero-order valence-electron chi connectivity index (χ0n) is 11.3. The molecule has 2 atom stereocenters. The molecule has 0 aliphatic carbocycles. The number of carbonyl (C=O) groups is 1. The number of carboxylic acid groups (broad SMARTS) is 1. The summed E-state index contributed by atoms with van der Waals surface area (Å²) in [6.45, 7) is 4.88. The maximum atomic E-state index is 11.0. The molecule has 2 N–H and O–H groups in total. The fourth-order valence-corrected chi connectivity index (χ4v) is 1.49. The van der Waals surface area contributed by atoms with Crippen LogP contribution >= 0.6 is 0 Å². The quantitative estimate of drug-likeness (QED) is 0.569. The van der Waals surface area contributed by atoms with Gasteiger partial charge in [0.25, 0.3) is 0 Å². The van der Waals surface area contributed by atoms with Crippen molar-refractivity contribution >= 4 is 5.97 Å². The topological polar surface area (TPSA) is 67.8 Å². The van der Waals surface area contributed by atoms with Gasteiger partial charge in [0.15, 0.2) is 0 Å². The van der Waals surface area contributed by atoms with Crippen LogP contribution in [0, 0.1) is 0 Å². The first-order chi connectivity index (χ1) is 7.96. The van der Waals surface area contributed by atoms with E-state index in [-0.39, 0.29) is 6.10 Å². The highest BCUT2D eigenvalue weighted by Gasteiger charge is 2.29. The highest BCUT2D eigenvalue weighted by atomic mass is 16.5. The van der Waals surface area contributed by atoms with Crippen LogP contribution in [0.5, 0.6) is 0 Å². The first-order valence-electron chi connectivity index (χ1n) is 5.99.